The van der Waals surface area contributed by atoms with E-state index in [1.807, 2.05) is 0 Å². The minimum atomic E-state index is -1.02. The third-order valence-electron chi connectivity index (χ3n) is 7.67. The molecule has 0 aromatic carbocycles. The third kappa shape index (κ3) is 30.9. The van der Waals surface area contributed by atoms with E-state index in [-0.39, 0.29) is 24.5 Å². The summed E-state index contributed by atoms with van der Waals surface area (Å²) >= 11 is 0. The molecule has 6 nitrogen and oxygen atoms in total. The van der Waals surface area contributed by atoms with Crippen LogP contribution in [0.4, 0.5) is 0 Å². The molecule has 0 aliphatic carbocycles. The Morgan fingerprint density at radius 2 is 1.10 bits per heavy atom. The maximum atomic E-state index is 12.6. The van der Waals surface area contributed by atoms with Gasteiger partial charge in [0.1, 0.15) is 12.6 Å². The molecule has 0 aromatic heterocycles. The Morgan fingerprint density at radius 3 is 1.66 bits per heavy atom. The number of carbonyl (C=O) groups excluding carboxylic acids is 2. The number of rotatable bonds is 31. The summed E-state index contributed by atoms with van der Waals surface area (Å²) in [5.41, 5.74) is 0. The van der Waals surface area contributed by atoms with E-state index in [0.717, 1.165) is 64.2 Å². The van der Waals surface area contributed by atoms with Crippen molar-refractivity contribution in [3.05, 3.63) is 12.2 Å². The summed E-state index contributed by atoms with van der Waals surface area (Å²) in [6.45, 7) is 4.15. The van der Waals surface area contributed by atoms with Gasteiger partial charge in [0.25, 0.3) is 0 Å². The van der Waals surface area contributed by atoms with Crippen LogP contribution in [0.2, 0.25) is 0 Å². The van der Waals surface area contributed by atoms with Gasteiger partial charge in [0.05, 0.1) is 0 Å². The predicted molar refractivity (Wildman–Crippen MR) is 171 cm³/mol. The molecule has 0 saturated heterocycles. The molecule has 240 valence electrons. The lowest BCUT2D eigenvalue weighted by molar-refractivity contribution is -0.150. The summed E-state index contributed by atoms with van der Waals surface area (Å²) in [6, 6.07) is 0. The molecular formula is C35H65NO5. The zero-order valence-electron chi connectivity index (χ0n) is 26.9. The minimum absolute atomic E-state index is 0.0270. The molecule has 0 aromatic rings. The van der Waals surface area contributed by atoms with E-state index in [9.17, 15) is 14.4 Å². The molecule has 0 spiro atoms. The van der Waals surface area contributed by atoms with Crippen LogP contribution >= 0.6 is 0 Å². The van der Waals surface area contributed by atoms with Gasteiger partial charge < -0.3 is 15.2 Å². The van der Waals surface area contributed by atoms with Crippen molar-refractivity contribution >= 4 is 17.8 Å². The highest BCUT2D eigenvalue weighted by molar-refractivity contribution is 5.80. The number of hydrogen-bond acceptors (Lipinski definition) is 4. The smallest absolute Gasteiger partial charge is 0.322 e. The fourth-order valence-corrected chi connectivity index (χ4v) is 5.10. The van der Waals surface area contributed by atoms with Crippen LogP contribution in [0.5, 0.6) is 0 Å². The van der Waals surface area contributed by atoms with E-state index in [1.165, 1.54) is 89.9 Å². The minimum Gasteiger partial charge on any atom is -0.480 e. The third-order valence-corrected chi connectivity index (χ3v) is 7.67. The van der Waals surface area contributed by atoms with E-state index in [1.54, 1.807) is 0 Å². The SMILES string of the molecule is CCC/C=C\CCCCCCCC(=O)OC(CCCCCCCCCCC)CCCCCCCC(=O)NCC(=O)O. The lowest BCUT2D eigenvalue weighted by Gasteiger charge is -2.18. The number of nitrogens with one attached hydrogen (secondary N) is 1. The molecule has 0 fully saturated rings. The van der Waals surface area contributed by atoms with E-state index in [2.05, 4.69) is 31.3 Å². The Bertz CT molecular complexity index is 648. The van der Waals surface area contributed by atoms with Crippen molar-refractivity contribution in [3.63, 3.8) is 0 Å². The molecule has 1 unspecified atom stereocenters. The van der Waals surface area contributed by atoms with Crippen molar-refractivity contribution in [2.24, 2.45) is 0 Å². The maximum absolute atomic E-state index is 12.6. The zero-order chi connectivity index (χ0) is 30.2. The molecule has 41 heavy (non-hydrogen) atoms. The number of allylic oxidation sites excluding steroid dienone is 2. The molecule has 0 bridgehead atoms. The van der Waals surface area contributed by atoms with Gasteiger partial charge in [0.2, 0.25) is 5.91 Å². The molecular weight excluding hydrogens is 514 g/mol. The normalized spacial score (nSPS) is 12.0. The first-order valence-corrected chi connectivity index (χ1v) is 17.3. The maximum Gasteiger partial charge on any atom is 0.322 e. The highest BCUT2D eigenvalue weighted by Crippen LogP contribution is 2.18. The van der Waals surface area contributed by atoms with Gasteiger partial charge >= 0.3 is 11.9 Å². The summed E-state index contributed by atoms with van der Waals surface area (Å²) in [7, 11) is 0. The van der Waals surface area contributed by atoms with Gasteiger partial charge in [0, 0.05) is 12.8 Å². The van der Waals surface area contributed by atoms with E-state index in [0.29, 0.717) is 12.8 Å². The van der Waals surface area contributed by atoms with Gasteiger partial charge in [-0.2, -0.15) is 0 Å². The topological polar surface area (TPSA) is 92.7 Å². The molecule has 6 heteroatoms. The monoisotopic (exact) mass is 579 g/mol. The number of esters is 1. The fourth-order valence-electron chi connectivity index (χ4n) is 5.10. The largest absolute Gasteiger partial charge is 0.480 e. The lowest BCUT2D eigenvalue weighted by atomic mass is 10.0. The predicted octanol–water partition coefficient (Wildman–Crippen LogP) is 9.84. The average molecular weight is 580 g/mol. The van der Waals surface area contributed by atoms with Crippen LogP contribution in [-0.4, -0.2) is 35.6 Å². The summed E-state index contributed by atoms with van der Waals surface area (Å²) in [5.74, 6) is -1.24. The number of unbranched alkanes of at least 4 members (excludes halogenated alkanes) is 18. The first-order valence-electron chi connectivity index (χ1n) is 17.3. The van der Waals surface area contributed by atoms with Crippen LogP contribution in [0.15, 0.2) is 12.2 Å². The van der Waals surface area contributed by atoms with Crippen molar-refractivity contribution in [2.75, 3.05) is 6.54 Å². The number of carbonyl (C=O) groups is 3. The summed E-state index contributed by atoms with van der Waals surface area (Å²) < 4.78 is 5.96. The molecule has 1 amide bonds. The zero-order valence-corrected chi connectivity index (χ0v) is 26.9. The number of hydrogen-bond donors (Lipinski definition) is 2. The number of amides is 1. The standard InChI is InChI=1S/C35H65NO5/c1-3-5-7-9-11-13-15-17-22-26-30-35(40)41-32(27-23-19-16-14-12-10-8-6-4-2)28-24-20-18-21-25-29-33(37)36-31-34(38)39/h7,9,32H,3-6,8,10-31H2,1-2H3,(H,36,37)(H,38,39)/b9-7-. The van der Waals surface area contributed by atoms with Crippen molar-refractivity contribution in [1.82, 2.24) is 5.32 Å². The summed E-state index contributed by atoms with van der Waals surface area (Å²) in [5, 5.41) is 11.0. The van der Waals surface area contributed by atoms with Gasteiger partial charge in [-0.15, -0.1) is 0 Å². The van der Waals surface area contributed by atoms with Gasteiger partial charge in [-0.1, -0.05) is 122 Å². The Hall–Kier alpha value is -1.85. The van der Waals surface area contributed by atoms with Gasteiger partial charge in [-0.3, -0.25) is 14.4 Å². The molecule has 0 saturated carbocycles. The van der Waals surface area contributed by atoms with Crippen LogP contribution in [0, 0.1) is 0 Å². The number of carboxylic acid groups (broad SMARTS) is 1. The second kappa shape index (κ2) is 31.1. The first kappa shape index (κ1) is 39.1. The van der Waals surface area contributed by atoms with Crippen LogP contribution in [0.3, 0.4) is 0 Å². The molecule has 0 heterocycles. The molecule has 1 atom stereocenters. The Balaban J connectivity index is 4.16. The van der Waals surface area contributed by atoms with Crippen LogP contribution in [0.1, 0.15) is 181 Å². The van der Waals surface area contributed by atoms with Crippen molar-refractivity contribution < 1.29 is 24.2 Å². The quantitative estimate of drug-likeness (QED) is 0.0484. The Kier molecular flexibility index (Phi) is 29.7. The molecule has 0 radical (unpaired) electrons. The molecule has 0 aliphatic rings. The van der Waals surface area contributed by atoms with E-state index >= 15 is 0 Å². The Labute approximate surface area is 252 Å². The van der Waals surface area contributed by atoms with E-state index < -0.39 is 5.97 Å². The molecule has 0 rings (SSSR count). The molecule has 0 aliphatic heterocycles. The first-order chi connectivity index (χ1) is 20.0. The van der Waals surface area contributed by atoms with Crippen molar-refractivity contribution in [3.8, 4) is 0 Å². The number of ether oxygens (including phenoxy) is 1. The second-order valence-electron chi connectivity index (χ2n) is 11.8. The van der Waals surface area contributed by atoms with Gasteiger partial charge in [-0.05, 0) is 57.8 Å². The van der Waals surface area contributed by atoms with Crippen LogP contribution in [-0.2, 0) is 19.1 Å². The average Bonchev–Trinajstić information content (AvgIpc) is 2.95. The second-order valence-corrected chi connectivity index (χ2v) is 11.8. The number of carboxylic acids is 1. The van der Waals surface area contributed by atoms with Crippen LogP contribution in [0.25, 0.3) is 0 Å². The summed E-state index contributed by atoms with van der Waals surface area (Å²) in [4.78, 5) is 34.7. The number of aliphatic carboxylic acids is 1. The van der Waals surface area contributed by atoms with Crippen LogP contribution < -0.4 is 5.32 Å². The lowest BCUT2D eigenvalue weighted by Crippen LogP contribution is -2.28. The van der Waals surface area contributed by atoms with Crippen molar-refractivity contribution in [2.45, 2.75) is 187 Å². The molecule has 2 N–H and O–H groups in total. The van der Waals surface area contributed by atoms with Gasteiger partial charge in [0.15, 0.2) is 0 Å². The highest BCUT2D eigenvalue weighted by atomic mass is 16.5. The van der Waals surface area contributed by atoms with Crippen molar-refractivity contribution in [1.29, 1.82) is 0 Å². The van der Waals surface area contributed by atoms with Gasteiger partial charge in [-0.25, -0.2) is 0 Å². The highest BCUT2D eigenvalue weighted by Gasteiger charge is 2.14. The Morgan fingerprint density at radius 1 is 0.610 bits per heavy atom. The fraction of sp³-hybridized carbons (Fsp3) is 0.857. The summed E-state index contributed by atoms with van der Waals surface area (Å²) in [6.07, 6.45) is 33.2. The van der Waals surface area contributed by atoms with E-state index in [4.69, 9.17) is 9.84 Å².